The number of rotatable bonds is 4. The van der Waals surface area contributed by atoms with Crippen molar-refractivity contribution in [2.24, 2.45) is 0 Å². The third-order valence-electron chi connectivity index (χ3n) is 1.56. The summed E-state index contributed by atoms with van der Waals surface area (Å²) < 4.78 is 4.92. The molecule has 0 amide bonds. The van der Waals surface area contributed by atoms with Crippen molar-refractivity contribution in [3.63, 3.8) is 0 Å². The number of nitrogens with two attached hydrogens (primary N) is 1. The van der Waals surface area contributed by atoms with Crippen molar-refractivity contribution in [1.82, 2.24) is 15.0 Å². The summed E-state index contributed by atoms with van der Waals surface area (Å²) in [6.45, 7) is 2.52. The highest BCUT2D eigenvalue weighted by molar-refractivity contribution is 5.15. The van der Waals surface area contributed by atoms with Gasteiger partial charge < -0.3 is 10.5 Å². The van der Waals surface area contributed by atoms with Gasteiger partial charge in [0.05, 0.1) is 0 Å². The Morgan fingerprint density at radius 2 is 2.08 bits per heavy atom. The minimum Gasteiger partial charge on any atom is -0.385 e. The van der Waals surface area contributed by atoms with Gasteiger partial charge in [0.15, 0.2) is 0 Å². The molecule has 0 bridgehead atoms. The highest BCUT2D eigenvalue weighted by atomic mass is 16.5. The Hall–Kier alpha value is -1.23. The lowest BCUT2D eigenvalue weighted by molar-refractivity contribution is 0.194. The normalized spacial score (nSPS) is 10.3. The number of nitrogen functional groups attached to an aromatic ring is 1. The predicted molar refractivity (Wildman–Crippen MR) is 49.2 cm³/mol. The summed E-state index contributed by atoms with van der Waals surface area (Å²) in [5, 5.41) is 0. The second-order valence-electron chi connectivity index (χ2n) is 2.75. The summed E-state index contributed by atoms with van der Waals surface area (Å²) in [6.07, 6.45) is 1.68. The van der Waals surface area contributed by atoms with E-state index in [1.54, 1.807) is 14.0 Å². The third kappa shape index (κ3) is 3.33. The summed E-state index contributed by atoms with van der Waals surface area (Å²) in [7, 11) is 1.67. The third-order valence-corrected chi connectivity index (χ3v) is 1.56. The van der Waals surface area contributed by atoms with E-state index >= 15 is 0 Å². The lowest BCUT2D eigenvalue weighted by atomic mass is 10.3. The molecule has 0 aromatic carbocycles. The Bertz CT molecular complexity index is 257. The number of aryl methyl sites for hydroxylation is 2. The first-order chi connectivity index (χ1) is 6.22. The van der Waals surface area contributed by atoms with Crippen LogP contribution >= 0.6 is 0 Å². The van der Waals surface area contributed by atoms with Gasteiger partial charge in [-0.3, -0.25) is 0 Å². The maximum absolute atomic E-state index is 5.47. The molecule has 72 valence electrons. The summed E-state index contributed by atoms with van der Waals surface area (Å²) in [5.41, 5.74) is 5.47. The Morgan fingerprint density at radius 3 is 2.69 bits per heavy atom. The number of methoxy groups -OCH3 is 1. The molecule has 0 saturated heterocycles. The number of hydrogen-bond acceptors (Lipinski definition) is 5. The lowest BCUT2D eigenvalue weighted by Crippen LogP contribution is -2.05. The Balaban J connectivity index is 2.56. The molecule has 1 rings (SSSR count). The zero-order valence-electron chi connectivity index (χ0n) is 7.95. The molecule has 1 heterocycles. The fourth-order valence-electron chi connectivity index (χ4n) is 1.05. The van der Waals surface area contributed by atoms with Gasteiger partial charge in [0.2, 0.25) is 5.95 Å². The summed E-state index contributed by atoms with van der Waals surface area (Å²) in [5.74, 6) is 1.70. The maximum atomic E-state index is 5.47. The summed E-state index contributed by atoms with van der Waals surface area (Å²) >= 11 is 0. The van der Waals surface area contributed by atoms with Gasteiger partial charge in [-0.15, -0.1) is 0 Å². The van der Waals surface area contributed by atoms with E-state index in [0.29, 0.717) is 18.4 Å². The summed E-state index contributed by atoms with van der Waals surface area (Å²) in [6, 6.07) is 0. The molecule has 5 heteroatoms. The van der Waals surface area contributed by atoms with E-state index in [1.807, 2.05) is 0 Å². The van der Waals surface area contributed by atoms with E-state index in [1.165, 1.54) is 0 Å². The number of anilines is 1. The largest absolute Gasteiger partial charge is 0.385 e. The van der Waals surface area contributed by atoms with E-state index in [-0.39, 0.29) is 0 Å². The molecule has 0 radical (unpaired) electrons. The number of ether oxygens (including phenoxy) is 1. The van der Waals surface area contributed by atoms with Gasteiger partial charge in [-0.25, -0.2) is 4.98 Å². The molecule has 1 aromatic heterocycles. The van der Waals surface area contributed by atoms with Crippen molar-refractivity contribution in [3.05, 3.63) is 11.6 Å². The van der Waals surface area contributed by atoms with Gasteiger partial charge in [0, 0.05) is 20.1 Å². The minimum atomic E-state index is 0.292. The molecule has 0 fully saturated rings. The standard InChI is InChI=1S/C8H14N4O/c1-6-10-7(4-3-5-13-2)12-8(9)11-6/h3-5H2,1-2H3,(H2,9,10,11,12). The second-order valence-corrected chi connectivity index (χ2v) is 2.75. The Kier molecular flexibility index (Phi) is 3.57. The van der Waals surface area contributed by atoms with Gasteiger partial charge in [-0.05, 0) is 13.3 Å². The first kappa shape index (κ1) is 9.85. The van der Waals surface area contributed by atoms with E-state index in [4.69, 9.17) is 10.5 Å². The molecule has 1 aromatic rings. The van der Waals surface area contributed by atoms with E-state index in [9.17, 15) is 0 Å². The van der Waals surface area contributed by atoms with Crippen LogP contribution in [0.1, 0.15) is 18.1 Å². The average molecular weight is 182 g/mol. The Labute approximate surface area is 77.4 Å². The van der Waals surface area contributed by atoms with Crippen LogP contribution in [0.15, 0.2) is 0 Å². The van der Waals surface area contributed by atoms with Crippen molar-refractivity contribution in [3.8, 4) is 0 Å². The van der Waals surface area contributed by atoms with Crippen LogP contribution < -0.4 is 5.73 Å². The van der Waals surface area contributed by atoms with Gasteiger partial charge in [-0.1, -0.05) is 0 Å². The van der Waals surface area contributed by atoms with Gasteiger partial charge in [-0.2, -0.15) is 9.97 Å². The van der Waals surface area contributed by atoms with Crippen molar-refractivity contribution >= 4 is 5.95 Å². The lowest BCUT2D eigenvalue weighted by Gasteiger charge is -2.01. The van der Waals surface area contributed by atoms with E-state index in [2.05, 4.69) is 15.0 Å². The molecule has 0 saturated carbocycles. The first-order valence-electron chi connectivity index (χ1n) is 4.18. The van der Waals surface area contributed by atoms with Crippen molar-refractivity contribution < 1.29 is 4.74 Å². The maximum Gasteiger partial charge on any atom is 0.223 e. The first-order valence-corrected chi connectivity index (χ1v) is 4.18. The molecule has 0 unspecified atom stereocenters. The average Bonchev–Trinajstić information content (AvgIpc) is 2.03. The molecule has 0 spiro atoms. The molecular weight excluding hydrogens is 168 g/mol. The van der Waals surface area contributed by atoms with Gasteiger partial charge >= 0.3 is 0 Å². The monoisotopic (exact) mass is 182 g/mol. The highest BCUT2D eigenvalue weighted by Crippen LogP contribution is 1.99. The van der Waals surface area contributed by atoms with Crippen LogP contribution in [0.5, 0.6) is 0 Å². The van der Waals surface area contributed by atoms with E-state index < -0.39 is 0 Å². The van der Waals surface area contributed by atoms with Crippen LogP contribution in [-0.2, 0) is 11.2 Å². The fourth-order valence-corrected chi connectivity index (χ4v) is 1.05. The van der Waals surface area contributed by atoms with Crippen LogP contribution in [0.3, 0.4) is 0 Å². The van der Waals surface area contributed by atoms with E-state index in [0.717, 1.165) is 18.7 Å². The van der Waals surface area contributed by atoms with Crippen molar-refractivity contribution in [2.75, 3.05) is 19.5 Å². The van der Waals surface area contributed by atoms with Gasteiger partial charge in [0.25, 0.3) is 0 Å². The molecule has 13 heavy (non-hydrogen) atoms. The highest BCUT2D eigenvalue weighted by Gasteiger charge is 2.00. The van der Waals surface area contributed by atoms with Crippen LogP contribution in [0.25, 0.3) is 0 Å². The smallest absolute Gasteiger partial charge is 0.223 e. The quantitative estimate of drug-likeness (QED) is 0.680. The molecule has 0 aliphatic heterocycles. The molecule has 0 atom stereocenters. The van der Waals surface area contributed by atoms with Crippen LogP contribution in [0.4, 0.5) is 5.95 Å². The molecule has 0 aliphatic rings. The molecule has 0 aliphatic carbocycles. The summed E-state index contributed by atoms with van der Waals surface area (Å²) in [4.78, 5) is 12.0. The molecular formula is C8H14N4O. The predicted octanol–water partition coefficient (Wildman–Crippen LogP) is 0.341. The minimum absolute atomic E-state index is 0.292. The number of hydrogen-bond donors (Lipinski definition) is 1. The Morgan fingerprint density at radius 1 is 1.31 bits per heavy atom. The molecule has 5 nitrogen and oxygen atoms in total. The van der Waals surface area contributed by atoms with Crippen molar-refractivity contribution in [1.29, 1.82) is 0 Å². The zero-order valence-corrected chi connectivity index (χ0v) is 7.95. The van der Waals surface area contributed by atoms with Crippen LogP contribution in [0, 0.1) is 6.92 Å². The topological polar surface area (TPSA) is 73.9 Å². The fraction of sp³-hybridized carbons (Fsp3) is 0.625. The molecule has 2 N–H and O–H groups in total. The second kappa shape index (κ2) is 4.71. The van der Waals surface area contributed by atoms with Crippen molar-refractivity contribution in [2.45, 2.75) is 19.8 Å². The number of aromatic nitrogens is 3. The van der Waals surface area contributed by atoms with Gasteiger partial charge in [0.1, 0.15) is 11.6 Å². The zero-order chi connectivity index (χ0) is 9.68. The van der Waals surface area contributed by atoms with Crippen LogP contribution in [-0.4, -0.2) is 28.7 Å². The number of nitrogens with zero attached hydrogens (tertiary/aromatic N) is 3. The van der Waals surface area contributed by atoms with Crippen LogP contribution in [0.2, 0.25) is 0 Å². The SMILES string of the molecule is COCCCc1nc(C)nc(N)n1.